The number of nitrogens with zero attached hydrogens (tertiary/aromatic N) is 4. The van der Waals surface area contributed by atoms with Crippen LogP contribution in [-0.4, -0.2) is 66.6 Å². The van der Waals surface area contributed by atoms with E-state index >= 15 is 0 Å². The van der Waals surface area contributed by atoms with E-state index in [0.29, 0.717) is 57.5 Å². The van der Waals surface area contributed by atoms with Gasteiger partial charge < -0.3 is 9.26 Å². The Morgan fingerprint density at radius 3 is 2.85 bits per heavy atom. The van der Waals surface area contributed by atoms with Crippen molar-refractivity contribution in [3.05, 3.63) is 22.7 Å². The van der Waals surface area contributed by atoms with Gasteiger partial charge in [-0.15, -0.1) is 0 Å². The molecule has 0 N–H and O–H groups in total. The summed E-state index contributed by atoms with van der Waals surface area (Å²) in [4.78, 5) is 4.46. The van der Waals surface area contributed by atoms with E-state index in [9.17, 15) is 8.42 Å². The first-order chi connectivity index (χ1) is 12.6. The van der Waals surface area contributed by atoms with E-state index in [-0.39, 0.29) is 5.92 Å². The van der Waals surface area contributed by atoms with E-state index in [1.54, 1.807) is 15.6 Å². The Labute approximate surface area is 156 Å². The summed E-state index contributed by atoms with van der Waals surface area (Å²) in [6.07, 6.45) is 2.41. The van der Waals surface area contributed by atoms with Gasteiger partial charge in [-0.05, 0) is 30.2 Å². The van der Waals surface area contributed by atoms with Gasteiger partial charge >= 0.3 is 0 Å². The molecule has 4 rings (SSSR count). The zero-order valence-electron chi connectivity index (χ0n) is 14.4. The van der Waals surface area contributed by atoms with Crippen LogP contribution in [0, 0.1) is 5.92 Å². The molecule has 1 atom stereocenters. The molecule has 0 unspecified atom stereocenters. The molecule has 2 aliphatic heterocycles. The summed E-state index contributed by atoms with van der Waals surface area (Å²) in [5, 5.41) is 7.98. The van der Waals surface area contributed by atoms with E-state index in [1.807, 2.05) is 16.8 Å². The van der Waals surface area contributed by atoms with E-state index in [2.05, 4.69) is 10.1 Å². The number of hydrogen-bond acceptors (Lipinski definition) is 7. The summed E-state index contributed by atoms with van der Waals surface area (Å²) in [5.41, 5.74) is 0.949. The van der Waals surface area contributed by atoms with Gasteiger partial charge in [0.1, 0.15) is 0 Å². The van der Waals surface area contributed by atoms with Crippen LogP contribution in [-0.2, 0) is 21.4 Å². The molecule has 26 heavy (non-hydrogen) atoms. The van der Waals surface area contributed by atoms with Crippen molar-refractivity contribution in [2.24, 2.45) is 5.92 Å². The van der Waals surface area contributed by atoms with Crippen molar-refractivity contribution in [3.8, 4) is 11.4 Å². The first kappa shape index (κ1) is 18.1. The van der Waals surface area contributed by atoms with Crippen molar-refractivity contribution in [2.45, 2.75) is 19.3 Å². The maximum Gasteiger partial charge on any atom is 0.282 e. The van der Waals surface area contributed by atoms with Crippen LogP contribution < -0.4 is 0 Å². The second-order valence-electron chi connectivity index (χ2n) is 6.61. The molecule has 2 aliphatic rings. The lowest BCUT2D eigenvalue weighted by molar-refractivity contribution is 0.0690. The maximum atomic E-state index is 12.8. The van der Waals surface area contributed by atoms with Gasteiger partial charge in [0.25, 0.3) is 10.2 Å². The van der Waals surface area contributed by atoms with E-state index in [4.69, 9.17) is 9.26 Å². The van der Waals surface area contributed by atoms with Crippen LogP contribution in [0.1, 0.15) is 18.7 Å². The molecule has 2 aromatic heterocycles. The molecule has 2 aromatic rings. The van der Waals surface area contributed by atoms with Gasteiger partial charge in [0.15, 0.2) is 0 Å². The van der Waals surface area contributed by atoms with Crippen molar-refractivity contribution in [2.75, 3.05) is 39.4 Å². The molecule has 0 amide bonds. The van der Waals surface area contributed by atoms with Gasteiger partial charge in [0, 0.05) is 43.5 Å². The average molecular weight is 399 g/mol. The largest absolute Gasteiger partial charge is 0.379 e. The zero-order chi connectivity index (χ0) is 18.0. The predicted octanol–water partition coefficient (Wildman–Crippen LogP) is 1.63. The number of rotatable bonds is 5. The Balaban J connectivity index is 1.40. The Kier molecular flexibility index (Phi) is 5.37. The third-order valence-corrected chi connectivity index (χ3v) is 7.50. The molecule has 0 radical (unpaired) electrons. The lowest BCUT2D eigenvalue weighted by atomic mass is 9.96. The predicted molar refractivity (Wildman–Crippen MR) is 96.9 cm³/mol. The Morgan fingerprint density at radius 2 is 2.08 bits per heavy atom. The quantitative estimate of drug-likeness (QED) is 0.761. The van der Waals surface area contributed by atoms with Gasteiger partial charge in [0.05, 0.1) is 13.2 Å². The van der Waals surface area contributed by atoms with Crippen molar-refractivity contribution < 1.29 is 17.7 Å². The first-order valence-electron chi connectivity index (χ1n) is 8.81. The fraction of sp³-hybridized carbons (Fsp3) is 0.625. The highest BCUT2D eigenvalue weighted by molar-refractivity contribution is 7.86. The summed E-state index contributed by atoms with van der Waals surface area (Å²) < 4.78 is 39.5. The average Bonchev–Trinajstić information content (AvgIpc) is 3.34. The topological polar surface area (TPSA) is 88.8 Å². The second kappa shape index (κ2) is 7.73. The van der Waals surface area contributed by atoms with Crippen LogP contribution in [0.4, 0.5) is 0 Å². The van der Waals surface area contributed by atoms with Gasteiger partial charge in [-0.2, -0.15) is 33.3 Å². The third-order valence-electron chi connectivity index (χ3n) is 4.82. The van der Waals surface area contributed by atoms with Gasteiger partial charge in [-0.3, -0.25) is 0 Å². The van der Waals surface area contributed by atoms with Gasteiger partial charge in [-0.25, -0.2) is 0 Å². The smallest absolute Gasteiger partial charge is 0.282 e. The van der Waals surface area contributed by atoms with Crippen LogP contribution in [0.15, 0.2) is 21.3 Å². The summed E-state index contributed by atoms with van der Waals surface area (Å²) in [5.74, 6) is 1.35. The van der Waals surface area contributed by atoms with Crippen molar-refractivity contribution in [1.29, 1.82) is 0 Å². The van der Waals surface area contributed by atoms with Crippen LogP contribution in [0.25, 0.3) is 11.4 Å². The third kappa shape index (κ3) is 3.84. The molecule has 10 heteroatoms. The molecule has 142 valence electrons. The normalized spacial score (nSPS) is 23.3. The molecule has 4 heterocycles. The van der Waals surface area contributed by atoms with Crippen molar-refractivity contribution in [3.63, 3.8) is 0 Å². The van der Waals surface area contributed by atoms with Crippen LogP contribution >= 0.6 is 11.3 Å². The minimum absolute atomic E-state index is 0.190. The van der Waals surface area contributed by atoms with E-state index < -0.39 is 10.2 Å². The standard InChI is InChI=1S/C16H22N4O4S2/c21-26(22,19-5-7-23-8-6-19)20-4-1-2-13(11-20)10-15-17-16(18-24-15)14-3-9-25-12-14/h3,9,12-13H,1-2,4-8,10-11H2/t13-/m1/s1. The highest BCUT2D eigenvalue weighted by atomic mass is 32.2. The highest BCUT2D eigenvalue weighted by Crippen LogP contribution is 2.25. The van der Waals surface area contributed by atoms with E-state index in [1.165, 1.54) is 4.31 Å². The number of aromatic nitrogens is 2. The lowest BCUT2D eigenvalue weighted by Crippen LogP contribution is -2.51. The van der Waals surface area contributed by atoms with Crippen molar-refractivity contribution >= 4 is 21.5 Å². The Hall–Kier alpha value is -1.33. The highest BCUT2D eigenvalue weighted by Gasteiger charge is 2.34. The number of thiophene rings is 1. The molecule has 2 fully saturated rings. The lowest BCUT2D eigenvalue weighted by Gasteiger charge is -2.36. The number of morpholine rings is 1. The molecule has 0 aromatic carbocycles. The fourth-order valence-electron chi connectivity index (χ4n) is 3.44. The van der Waals surface area contributed by atoms with Gasteiger partial charge in [0.2, 0.25) is 11.7 Å². The number of piperidine rings is 1. The Bertz CT molecular complexity index is 815. The number of ether oxygens (including phenoxy) is 1. The van der Waals surface area contributed by atoms with E-state index in [0.717, 1.165) is 18.4 Å². The SMILES string of the molecule is O=S(=O)(N1CCOCC1)N1CCC[C@H](Cc2nc(-c3ccsc3)no2)C1. The molecule has 8 nitrogen and oxygen atoms in total. The Morgan fingerprint density at radius 1 is 1.23 bits per heavy atom. The van der Waals surface area contributed by atoms with Crippen molar-refractivity contribution in [1.82, 2.24) is 18.8 Å². The summed E-state index contributed by atoms with van der Waals surface area (Å²) in [6.45, 7) is 2.85. The molecule has 0 bridgehead atoms. The first-order valence-corrected chi connectivity index (χ1v) is 11.1. The molecule has 0 saturated carbocycles. The summed E-state index contributed by atoms with van der Waals surface area (Å²) >= 11 is 1.59. The fourth-order valence-corrected chi connectivity index (χ4v) is 5.77. The number of hydrogen-bond donors (Lipinski definition) is 0. The van der Waals surface area contributed by atoms with Gasteiger partial charge in [-0.1, -0.05) is 5.16 Å². The second-order valence-corrected chi connectivity index (χ2v) is 9.32. The molecule has 2 saturated heterocycles. The van der Waals surface area contributed by atoms with Crippen LogP contribution in [0.5, 0.6) is 0 Å². The van der Waals surface area contributed by atoms with Crippen LogP contribution in [0.2, 0.25) is 0 Å². The molecule has 0 aliphatic carbocycles. The molecule has 0 spiro atoms. The maximum absolute atomic E-state index is 12.8. The minimum atomic E-state index is -3.42. The van der Waals surface area contributed by atoms with Crippen LogP contribution in [0.3, 0.4) is 0 Å². The molecular formula is C16H22N4O4S2. The minimum Gasteiger partial charge on any atom is -0.379 e. The summed E-state index contributed by atoms with van der Waals surface area (Å²) in [6, 6.07) is 1.95. The summed E-state index contributed by atoms with van der Waals surface area (Å²) in [7, 11) is -3.42. The monoisotopic (exact) mass is 398 g/mol. The zero-order valence-corrected chi connectivity index (χ0v) is 16.0. The molecular weight excluding hydrogens is 376 g/mol.